The summed E-state index contributed by atoms with van der Waals surface area (Å²) in [4.78, 5) is 35.6. The summed E-state index contributed by atoms with van der Waals surface area (Å²) in [5.41, 5.74) is 0.536. The van der Waals surface area contributed by atoms with Crippen LogP contribution < -0.4 is 5.32 Å². The van der Waals surface area contributed by atoms with Crippen LogP contribution in [0.1, 0.15) is 33.5 Å². The van der Waals surface area contributed by atoms with E-state index in [9.17, 15) is 14.4 Å². The quantitative estimate of drug-likeness (QED) is 0.794. The molecule has 18 heavy (non-hydrogen) atoms. The van der Waals surface area contributed by atoms with Crippen molar-refractivity contribution < 1.29 is 19.5 Å². The fourth-order valence-corrected chi connectivity index (χ4v) is 2.59. The third-order valence-corrected chi connectivity index (χ3v) is 3.37. The van der Waals surface area contributed by atoms with Gasteiger partial charge in [0.2, 0.25) is 5.91 Å². The van der Waals surface area contributed by atoms with Crippen molar-refractivity contribution in [2.45, 2.75) is 33.2 Å². The smallest absolute Gasteiger partial charge is 0.326 e. The van der Waals surface area contributed by atoms with E-state index < -0.39 is 17.9 Å². The maximum absolute atomic E-state index is 12.0. The molecule has 0 aliphatic heterocycles. The molecule has 0 fully saturated rings. The number of rotatable bonds is 5. The fraction of sp³-hybridized carbons (Fsp3) is 0.417. The molecule has 1 rings (SSSR count). The minimum atomic E-state index is -1.21. The summed E-state index contributed by atoms with van der Waals surface area (Å²) >= 11 is 1.49. The molecule has 0 aromatic carbocycles. The van der Waals surface area contributed by atoms with Crippen molar-refractivity contribution in [2.24, 2.45) is 0 Å². The molecule has 1 unspecified atom stereocenters. The second-order valence-corrected chi connectivity index (χ2v) is 5.51. The maximum atomic E-state index is 12.0. The normalized spacial score (nSPS) is 11.9. The lowest BCUT2D eigenvalue weighted by molar-refractivity contribution is -0.141. The number of thiophene rings is 1. The Bertz CT molecular complexity index is 492. The highest BCUT2D eigenvalue weighted by Gasteiger charge is 2.24. The first-order valence-electron chi connectivity index (χ1n) is 5.41. The Morgan fingerprint density at radius 2 is 2.00 bits per heavy atom. The van der Waals surface area contributed by atoms with Crippen LogP contribution in [0.5, 0.6) is 0 Å². The molecular formula is C12H15NO4S. The Morgan fingerprint density at radius 1 is 1.39 bits per heavy atom. The molecule has 0 saturated carbocycles. The minimum Gasteiger partial charge on any atom is -0.480 e. The second-order valence-electron chi connectivity index (χ2n) is 4.05. The summed E-state index contributed by atoms with van der Waals surface area (Å²) in [6.45, 7) is 4.93. The monoisotopic (exact) mass is 269 g/mol. The number of carbonyl (C=O) groups is 3. The summed E-state index contributed by atoms with van der Waals surface area (Å²) in [5.74, 6) is -1.94. The van der Waals surface area contributed by atoms with Gasteiger partial charge in [-0.25, -0.2) is 4.79 Å². The van der Waals surface area contributed by atoms with E-state index >= 15 is 0 Å². The molecule has 1 atom stereocenters. The Kier molecular flexibility index (Phi) is 4.61. The summed E-state index contributed by atoms with van der Waals surface area (Å²) in [5, 5.41) is 11.2. The number of hydrogen-bond acceptors (Lipinski definition) is 4. The lowest BCUT2D eigenvalue weighted by Gasteiger charge is -2.12. The summed E-state index contributed by atoms with van der Waals surface area (Å²) in [6, 6.07) is 0.573. The largest absolute Gasteiger partial charge is 0.480 e. The van der Waals surface area contributed by atoms with Gasteiger partial charge < -0.3 is 10.4 Å². The molecule has 5 nitrogen and oxygen atoms in total. The number of carboxylic acid groups (broad SMARTS) is 1. The van der Waals surface area contributed by atoms with Gasteiger partial charge in [0.05, 0.1) is 0 Å². The van der Waals surface area contributed by atoms with Gasteiger partial charge in [0.1, 0.15) is 6.04 Å². The third kappa shape index (κ3) is 3.66. The number of hydrogen-bond donors (Lipinski definition) is 2. The van der Waals surface area contributed by atoms with Gasteiger partial charge >= 0.3 is 5.97 Å². The van der Waals surface area contributed by atoms with Crippen molar-refractivity contribution in [3.8, 4) is 0 Å². The highest BCUT2D eigenvalue weighted by Crippen LogP contribution is 2.22. The number of amides is 1. The van der Waals surface area contributed by atoms with E-state index in [2.05, 4.69) is 5.32 Å². The first-order valence-corrected chi connectivity index (χ1v) is 6.23. The standard InChI is InChI=1S/C12H15NO4S/c1-6-4-9(7(2)18-6)11(15)5-10(12(16)17)13-8(3)14/h4,10H,5H2,1-3H3,(H,13,14)(H,16,17). The molecule has 1 aromatic heterocycles. The average Bonchev–Trinajstić information content (AvgIpc) is 2.56. The Hall–Kier alpha value is -1.69. The highest BCUT2D eigenvalue weighted by atomic mass is 32.1. The zero-order valence-corrected chi connectivity index (χ0v) is 11.3. The van der Waals surface area contributed by atoms with Gasteiger partial charge in [0.25, 0.3) is 0 Å². The molecule has 1 amide bonds. The number of aliphatic carboxylic acids is 1. The zero-order valence-electron chi connectivity index (χ0n) is 10.4. The van der Waals surface area contributed by atoms with Gasteiger partial charge in [-0.05, 0) is 19.9 Å². The van der Waals surface area contributed by atoms with Crippen LogP contribution in [0.3, 0.4) is 0 Å². The number of carboxylic acids is 1. The van der Waals surface area contributed by atoms with Gasteiger partial charge in [-0.3, -0.25) is 9.59 Å². The van der Waals surface area contributed by atoms with Crippen molar-refractivity contribution in [1.82, 2.24) is 5.32 Å². The molecule has 0 spiro atoms. The first kappa shape index (κ1) is 14.4. The van der Waals surface area contributed by atoms with Gasteiger partial charge in [0.15, 0.2) is 5.78 Å². The van der Waals surface area contributed by atoms with E-state index in [1.165, 1.54) is 18.3 Å². The van der Waals surface area contributed by atoms with E-state index in [-0.39, 0.29) is 12.2 Å². The van der Waals surface area contributed by atoms with Crippen molar-refractivity contribution in [3.05, 3.63) is 21.4 Å². The van der Waals surface area contributed by atoms with Crippen molar-refractivity contribution >= 4 is 29.0 Å². The van der Waals surface area contributed by atoms with Gasteiger partial charge in [0, 0.05) is 28.7 Å². The second kappa shape index (κ2) is 5.77. The summed E-state index contributed by atoms with van der Waals surface area (Å²) in [7, 11) is 0. The van der Waals surface area contributed by atoms with E-state index in [4.69, 9.17) is 5.11 Å². The van der Waals surface area contributed by atoms with E-state index in [0.29, 0.717) is 5.56 Å². The highest BCUT2D eigenvalue weighted by molar-refractivity contribution is 7.12. The first-order chi connectivity index (χ1) is 8.31. The molecule has 1 heterocycles. The zero-order chi connectivity index (χ0) is 13.9. The predicted molar refractivity (Wildman–Crippen MR) is 68.0 cm³/mol. The lowest BCUT2D eigenvalue weighted by Crippen LogP contribution is -2.41. The number of nitrogens with one attached hydrogen (secondary N) is 1. The molecule has 98 valence electrons. The summed E-state index contributed by atoms with van der Waals surface area (Å²) in [6.07, 6.45) is -0.230. The van der Waals surface area contributed by atoms with Crippen molar-refractivity contribution in [1.29, 1.82) is 0 Å². The SMILES string of the molecule is CC(=O)NC(CC(=O)c1cc(C)sc1C)C(=O)O. The van der Waals surface area contributed by atoms with Crippen molar-refractivity contribution in [3.63, 3.8) is 0 Å². The van der Waals surface area contributed by atoms with Crippen LogP contribution in [0.25, 0.3) is 0 Å². The summed E-state index contributed by atoms with van der Waals surface area (Å²) < 4.78 is 0. The molecule has 1 aromatic rings. The number of carbonyl (C=O) groups excluding carboxylic acids is 2. The van der Waals surface area contributed by atoms with Crippen LogP contribution in [0.15, 0.2) is 6.07 Å². The Labute approximate surface area is 109 Å². The van der Waals surface area contributed by atoms with E-state index in [1.807, 2.05) is 13.8 Å². The molecule has 6 heteroatoms. The van der Waals surface area contributed by atoms with Gasteiger partial charge in [-0.1, -0.05) is 0 Å². The van der Waals surface area contributed by atoms with Crippen LogP contribution in [-0.4, -0.2) is 28.8 Å². The van der Waals surface area contributed by atoms with E-state index in [0.717, 1.165) is 9.75 Å². The van der Waals surface area contributed by atoms with Crippen LogP contribution in [0.4, 0.5) is 0 Å². The lowest BCUT2D eigenvalue weighted by atomic mass is 10.0. The van der Waals surface area contributed by atoms with Crippen LogP contribution in [0.2, 0.25) is 0 Å². The number of ketones is 1. The van der Waals surface area contributed by atoms with Crippen LogP contribution in [-0.2, 0) is 9.59 Å². The molecule has 0 aliphatic rings. The minimum absolute atomic E-state index is 0.230. The molecule has 0 saturated heterocycles. The third-order valence-electron chi connectivity index (χ3n) is 2.41. The topological polar surface area (TPSA) is 83.5 Å². The van der Waals surface area contributed by atoms with Crippen LogP contribution >= 0.6 is 11.3 Å². The van der Waals surface area contributed by atoms with Gasteiger partial charge in [-0.2, -0.15) is 0 Å². The molecule has 0 radical (unpaired) electrons. The molecular weight excluding hydrogens is 254 g/mol. The Balaban J connectivity index is 2.81. The maximum Gasteiger partial charge on any atom is 0.326 e. The predicted octanol–water partition coefficient (Wildman–Crippen LogP) is 1.53. The molecule has 2 N–H and O–H groups in total. The van der Waals surface area contributed by atoms with Crippen LogP contribution in [0, 0.1) is 13.8 Å². The Morgan fingerprint density at radius 3 is 2.39 bits per heavy atom. The number of Topliss-reactive ketones (excluding diaryl/α,β-unsaturated/α-hetero) is 1. The van der Waals surface area contributed by atoms with E-state index in [1.54, 1.807) is 6.07 Å². The van der Waals surface area contributed by atoms with Crippen molar-refractivity contribution in [2.75, 3.05) is 0 Å². The van der Waals surface area contributed by atoms with Gasteiger partial charge in [-0.15, -0.1) is 11.3 Å². The fourth-order valence-electron chi connectivity index (χ4n) is 1.65. The molecule has 0 bridgehead atoms. The molecule has 0 aliphatic carbocycles. The number of aryl methyl sites for hydroxylation is 2. The average molecular weight is 269 g/mol.